The maximum absolute atomic E-state index is 5.33. The van der Waals surface area contributed by atoms with Crippen LogP contribution in [0.1, 0.15) is 0 Å². The van der Waals surface area contributed by atoms with Gasteiger partial charge in [-0.1, -0.05) is 0 Å². The highest BCUT2D eigenvalue weighted by atomic mass is 127. The summed E-state index contributed by atoms with van der Waals surface area (Å²) in [4.78, 5) is 13.5. The summed E-state index contributed by atoms with van der Waals surface area (Å²) in [7, 11) is 1.60. The molecular formula is C14H10IN5O. The number of fused-ring (bicyclic) bond motifs is 2. The van der Waals surface area contributed by atoms with Crippen LogP contribution in [0.4, 0.5) is 0 Å². The predicted octanol–water partition coefficient (Wildman–Crippen LogP) is 3.11. The van der Waals surface area contributed by atoms with Crippen LogP contribution in [-0.2, 0) is 0 Å². The molecule has 0 radical (unpaired) electrons. The SMILES string of the molecule is COc1nccc(I)c1-c1nc2cc3c[nH][nH]c3cc2n1. The van der Waals surface area contributed by atoms with Gasteiger partial charge >= 0.3 is 0 Å². The molecular weight excluding hydrogens is 381 g/mol. The van der Waals surface area contributed by atoms with E-state index in [0.29, 0.717) is 11.7 Å². The molecule has 0 amide bonds. The van der Waals surface area contributed by atoms with Gasteiger partial charge in [0.25, 0.3) is 0 Å². The molecule has 6 nitrogen and oxygen atoms in total. The lowest BCUT2D eigenvalue weighted by molar-refractivity contribution is 0.399. The molecule has 104 valence electrons. The van der Waals surface area contributed by atoms with Crippen LogP contribution in [0.3, 0.4) is 0 Å². The van der Waals surface area contributed by atoms with Crippen LogP contribution in [0.25, 0.3) is 33.3 Å². The van der Waals surface area contributed by atoms with E-state index in [9.17, 15) is 0 Å². The lowest BCUT2D eigenvalue weighted by atomic mass is 10.2. The van der Waals surface area contributed by atoms with Crippen molar-refractivity contribution in [3.63, 3.8) is 0 Å². The number of hydrogen-bond acceptors (Lipinski definition) is 4. The van der Waals surface area contributed by atoms with Gasteiger partial charge in [0.2, 0.25) is 5.88 Å². The van der Waals surface area contributed by atoms with Crippen molar-refractivity contribution in [3.8, 4) is 17.3 Å². The number of halogens is 1. The molecule has 0 saturated heterocycles. The molecule has 0 aliphatic rings. The summed E-state index contributed by atoms with van der Waals surface area (Å²) in [6.45, 7) is 0. The summed E-state index contributed by atoms with van der Waals surface area (Å²) >= 11 is 2.24. The second kappa shape index (κ2) is 4.69. The molecule has 0 unspecified atom stereocenters. The first kappa shape index (κ1) is 12.6. The molecule has 1 aromatic carbocycles. The molecule has 4 aromatic rings. The van der Waals surface area contributed by atoms with Gasteiger partial charge in [0.1, 0.15) is 0 Å². The molecule has 0 atom stereocenters. The minimum absolute atomic E-state index is 0.538. The monoisotopic (exact) mass is 391 g/mol. The van der Waals surface area contributed by atoms with Gasteiger partial charge in [0.15, 0.2) is 5.82 Å². The highest BCUT2D eigenvalue weighted by molar-refractivity contribution is 14.1. The Morgan fingerprint density at radius 2 is 2.00 bits per heavy atom. The number of aromatic nitrogens is 5. The summed E-state index contributed by atoms with van der Waals surface area (Å²) in [5.74, 6) is 1.17. The van der Waals surface area contributed by atoms with Crippen molar-refractivity contribution in [2.75, 3.05) is 7.11 Å². The number of imidazole rings is 1. The molecule has 2 N–H and O–H groups in total. The highest BCUT2D eigenvalue weighted by Crippen LogP contribution is 2.32. The van der Waals surface area contributed by atoms with E-state index < -0.39 is 0 Å². The Labute approximate surface area is 133 Å². The van der Waals surface area contributed by atoms with Crippen LogP contribution in [0, 0.1) is 3.57 Å². The summed E-state index contributed by atoms with van der Waals surface area (Å²) in [6.07, 6.45) is 3.61. The van der Waals surface area contributed by atoms with Gasteiger partial charge in [0, 0.05) is 21.4 Å². The number of methoxy groups -OCH3 is 1. The summed E-state index contributed by atoms with van der Waals surface area (Å²) in [5, 5.41) is 7.10. The lowest BCUT2D eigenvalue weighted by Crippen LogP contribution is -1.94. The Balaban J connectivity index is 1.98. The number of hydrogen-bond donors (Lipinski definition) is 2. The molecule has 3 heterocycles. The predicted molar refractivity (Wildman–Crippen MR) is 88.2 cm³/mol. The van der Waals surface area contributed by atoms with E-state index in [4.69, 9.17) is 4.74 Å². The van der Waals surface area contributed by atoms with Crippen LogP contribution in [0.5, 0.6) is 5.88 Å². The Bertz CT molecular complexity index is 910. The second-order valence-corrected chi connectivity index (χ2v) is 5.73. The number of ether oxygens (including phenoxy) is 1. The lowest BCUT2D eigenvalue weighted by Gasteiger charge is -2.05. The first-order valence-corrected chi connectivity index (χ1v) is 7.36. The van der Waals surface area contributed by atoms with E-state index in [2.05, 4.69) is 47.7 Å². The quantitative estimate of drug-likeness (QED) is 0.515. The van der Waals surface area contributed by atoms with Crippen molar-refractivity contribution in [1.82, 2.24) is 25.1 Å². The smallest absolute Gasteiger partial charge is 0.225 e. The van der Waals surface area contributed by atoms with Gasteiger partial charge in [-0.15, -0.1) is 0 Å². The topological polar surface area (TPSA) is 79.5 Å². The molecule has 4 rings (SSSR count). The van der Waals surface area contributed by atoms with E-state index >= 15 is 0 Å². The van der Waals surface area contributed by atoms with E-state index in [-0.39, 0.29) is 0 Å². The standard InChI is InChI=1S/C14H10IN5O/c1-21-14-12(8(15)2-3-16-14)13-18-10-4-7-6-17-20-9(7)5-11(10)19-13/h2-6,17,20H,1H3. The number of pyridine rings is 1. The van der Waals surface area contributed by atoms with Crippen LogP contribution >= 0.6 is 22.6 Å². The van der Waals surface area contributed by atoms with E-state index in [1.807, 2.05) is 24.4 Å². The van der Waals surface area contributed by atoms with Crippen molar-refractivity contribution in [1.29, 1.82) is 0 Å². The average Bonchev–Trinajstić information content (AvgIpc) is 3.09. The van der Waals surface area contributed by atoms with E-state index in [1.165, 1.54) is 0 Å². The normalized spacial score (nSPS) is 11.3. The minimum Gasteiger partial charge on any atom is -0.480 e. The summed E-state index contributed by atoms with van der Waals surface area (Å²) in [6, 6.07) is 5.90. The van der Waals surface area contributed by atoms with Gasteiger partial charge < -0.3 is 14.9 Å². The van der Waals surface area contributed by atoms with Crippen molar-refractivity contribution < 1.29 is 4.74 Å². The number of nitrogens with one attached hydrogen (secondary N) is 2. The van der Waals surface area contributed by atoms with Crippen LogP contribution in [0.15, 0.2) is 30.6 Å². The zero-order valence-electron chi connectivity index (χ0n) is 11.0. The zero-order chi connectivity index (χ0) is 14.4. The molecule has 21 heavy (non-hydrogen) atoms. The molecule has 0 bridgehead atoms. The number of rotatable bonds is 2. The van der Waals surface area contributed by atoms with Crippen LogP contribution in [-0.4, -0.2) is 32.3 Å². The van der Waals surface area contributed by atoms with Crippen molar-refractivity contribution in [2.24, 2.45) is 0 Å². The maximum Gasteiger partial charge on any atom is 0.225 e. The van der Waals surface area contributed by atoms with Gasteiger partial charge in [-0.3, -0.25) is 0 Å². The second-order valence-electron chi connectivity index (χ2n) is 4.57. The minimum atomic E-state index is 0.538. The number of aromatic amines is 2. The van der Waals surface area contributed by atoms with Gasteiger partial charge in [-0.2, -0.15) is 0 Å². The van der Waals surface area contributed by atoms with Crippen molar-refractivity contribution in [3.05, 3.63) is 34.2 Å². The fraction of sp³-hybridized carbons (Fsp3) is 0.0714. The number of nitrogens with zero attached hydrogens (tertiary/aromatic N) is 3. The molecule has 0 spiro atoms. The fourth-order valence-corrected chi connectivity index (χ4v) is 2.97. The van der Waals surface area contributed by atoms with Gasteiger partial charge in [-0.05, 0) is 40.8 Å². The van der Waals surface area contributed by atoms with Gasteiger partial charge in [-0.25, -0.2) is 15.0 Å². The summed E-state index contributed by atoms with van der Waals surface area (Å²) in [5.41, 5.74) is 3.52. The highest BCUT2D eigenvalue weighted by Gasteiger charge is 2.16. The Kier molecular flexibility index (Phi) is 2.81. The Morgan fingerprint density at radius 1 is 1.19 bits per heavy atom. The van der Waals surface area contributed by atoms with Crippen molar-refractivity contribution in [2.45, 2.75) is 0 Å². The maximum atomic E-state index is 5.33. The molecule has 3 aromatic heterocycles. The number of H-pyrrole nitrogens is 2. The van der Waals surface area contributed by atoms with Crippen molar-refractivity contribution >= 4 is 44.5 Å². The fourth-order valence-electron chi connectivity index (χ4n) is 2.33. The van der Waals surface area contributed by atoms with Gasteiger partial charge in [0.05, 0.1) is 29.2 Å². The Hall–Kier alpha value is -2.16. The third-order valence-electron chi connectivity index (χ3n) is 3.32. The molecule has 0 saturated carbocycles. The summed E-state index contributed by atoms with van der Waals surface area (Å²) < 4.78 is 6.34. The largest absolute Gasteiger partial charge is 0.480 e. The number of benzene rings is 1. The average molecular weight is 391 g/mol. The van der Waals surface area contributed by atoms with Crippen LogP contribution < -0.4 is 4.74 Å². The van der Waals surface area contributed by atoms with Crippen LogP contribution in [0.2, 0.25) is 0 Å². The molecule has 0 fully saturated rings. The first-order chi connectivity index (χ1) is 10.3. The third-order valence-corrected chi connectivity index (χ3v) is 4.22. The van der Waals surface area contributed by atoms with E-state index in [1.54, 1.807) is 13.3 Å². The molecule has 7 heteroatoms. The Morgan fingerprint density at radius 3 is 2.81 bits per heavy atom. The third kappa shape index (κ3) is 1.96. The molecule has 0 aliphatic heterocycles. The van der Waals surface area contributed by atoms with E-state index in [0.717, 1.165) is 31.1 Å². The molecule has 0 aliphatic carbocycles. The first-order valence-electron chi connectivity index (χ1n) is 6.28. The zero-order valence-corrected chi connectivity index (χ0v) is 13.2.